The second-order valence-electron chi connectivity index (χ2n) is 5.36. The summed E-state index contributed by atoms with van der Waals surface area (Å²) in [4.78, 5) is 14.5. The maximum absolute atomic E-state index is 12.5. The standard InChI is InChI=1S/C15H18BrNO2/c16-5-3-11-4-6-17(8-11)15(18)12-1-2-13-9-19-10-14(13)7-12/h1-2,7,11H,3-6,8-10H2. The molecule has 1 fully saturated rings. The van der Waals surface area contributed by atoms with Crippen LogP contribution < -0.4 is 0 Å². The summed E-state index contributed by atoms with van der Waals surface area (Å²) < 4.78 is 5.39. The van der Waals surface area contributed by atoms with Crippen LogP contribution in [-0.2, 0) is 18.0 Å². The highest BCUT2D eigenvalue weighted by molar-refractivity contribution is 9.09. The van der Waals surface area contributed by atoms with E-state index in [0.29, 0.717) is 19.1 Å². The number of hydrogen-bond acceptors (Lipinski definition) is 2. The predicted molar refractivity (Wildman–Crippen MR) is 77.4 cm³/mol. The Morgan fingerprint density at radius 1 is 1.37 bits per heavy atom. The highest BCUT2D eigenvalue weighted by Crippen LogP contribution is 2.25. The molecule has 102 valence electrons. The number of ether oxygens (including phenoxy) is 1. The molecule has 1 unspecified atom stereocenters. The summed E-state index contributed by atoms with van der Waals surface area (Å²) in [6.07, 6.45) is 2.28. The van der Waals surface area contributed by atoms with Gasteiger partial charge in [-0.1, -0.05) is 22.0 Å². The van der Waals surface area contributed by atoms with Crippen LogP contribution in [0.4, 0.5) is 0 Å². The molecule has 1 atom stereocenters. The zero-order valence-electron chi connectivity index (χ0n) is 10.9. The molecule has 2 heterocycles. The van der Waals surface area contributed by atoms with Crippen LogP contribution in [0.3, 0.4) is 0 Å². The third kappa shape index (κ3) is 2.70. The van der Waals surface area contributed by atoms with Crippen LogP contribution in [0.25, 0.3) is 0 Å². The number of carbonyl (C=O) groups is 1. The van der Waals surface area contributed by atoms with Crippen LogP contribution >= 0.6 is 15.9 Å². The number of amides is 1. The number of rotatable bonds is 3. The van der Waals surface area contributed by atoms with Crippen LogP contribution in [0.2, 0.25) is 0 Å². The summed E-state index contributed by atoms with van der Waals surface area (Å²) in [5.41, 5.74) is 3.20. The van der Waals surface area contributed by atoms with Gasteiger partial charge in [-0.3, -0.25) is 4.79 Å². The first-order chi connectivity index (χ1) is 9.28. The Bertz CT molecular complexity index is 489. The van der Waals surface area contributed by atoms with E-state index >= 15 is 0 Å². The minimum Gasteiger partial charge on any atom is -0.372 e. The van der Waals surface area contributed by atoms with Gasteiger partial charge in [-0.05, 0) is 42.0 Å². The molecule has 0 bridgehead atoms. The lowest BCUT2D eigenvalue weighted by molar-refractivity contribution is 0.0787. The molecule has 4 heteroatoms. The van der Waals surface area contributed by atoms with Gasteiger partial charge in [0.15, 0.2) is 0 Å². The van der Waals surface area contributed by atoms with Gasteiger partial charge < -0.3 is 9.64 Å². The van der Waals surface area contributed by atoms with E-state index in [0.717, 1.165) is 36.8 Å². The largest absolute Gasteiger partial charge is 0.372 e. The number of fused-ring (bicyclic) bond motifs is 1. The van der Waals surface area contributed by atoms with Gasteiger partial charge in [0.25, 0.3) is 5.91 Å². The Kier molecular flexibility index (Phi) is 3.89. The second kappa shape index (κ2) is 5.63. The Balaban J connectivity index is 1.71. The third-order valence-electron chi connectivity index (χ3n) is 4.06. The van der Waals surface area contributed by atoms with Crippen molar-refractivity contribution in [3.05, 3.63) is 34.9 Å². The molecule has 2 aliphatic heterocycles. The number of nitrogens with zero attached hydrogens (tertiary/aromatic N) is 1. The lowest BCUT2D eigenvalue weighted by Crippen LogP contribution is -2.28. The van der Waals surface area contributed by atoms with Crippen LogP contribution in [0.15, 0.2) is 18.2 Å². The summed E-state index contributed by atoms with van der Waals surface area (Å²) in [7, 11) is 0. The minimum atomic E-state index is 0.173. The van der Waals surface area contributed by atoms with Gasteiger partial charge in [0.05, 0.1) is 13.2 Å². The number of carbonyl (C=O) groups excluding carboxylic acids is 1. The highest BCUT2D eigenvalue weighted by atomic mass is 79.9. The zero-order valence-corrected chi connectivity index (χ0v) is 12.5. The minimum absolute atomic E-state index is 0.173. The van der Waals surface area contributed by atoms with Crippen LogP contribution in [0, 0.1) is 5.92 Å². The van der Waals surface area contributed by atoms with Crippen molar-refractivity contribution in [2.45, 2.75) is 26.1 Å². The number of likely N-dealkylation sites (tertiary alicyclic amines) is 1. The maximum atomic E-state index is 12.5. The van der Waals surface area contributed by atoms with Gasteiger partial charge in [0, 0.05) is 24.0 Å². The summed E-state index contributed by atoms with van der Waals surface area (Å²) in [6.45, 7) is 3.12. The van der Waals surface area contributed by atoms with Crippen LogP contribution in [-0.4, -0.2) is 29.2 Å². The van der Waals surface area contributed by atoms with Crippen LogP contribution in [0.1, 0.15) is 34.3 Å². The highest BCUT2D eigenvalue weighted by Gasteiger charge is 2.27. The number of halogens is 1. The fourth-order valence-corrected chi connectivity index (χ4v) is 3.54. The molecule has 1 amide bonds. The zero-order chi connectivity index (χ0) is 13.2. The van der Waals surface area contributed by atoms with E-state index in [-0.39, 0.29) is 5.91 Å². The van der Waals surface area contributed by atoms with E-state index in [2.05, 4.69) is 15.9 Å². The molecule has 0 spiro atoms. The van der Waals surface area contributed by atoms with Crippen molar-refractivity contribution in [1.29, 1.82) is 0 Å². The fraction of sp³-hybridized carbons (Fsp3) is 0.533. The monoisotopic (exact) mass is 323 g/mol. The van der Waals surface area contributed by atoms with Crippen LogP contribution in [0.5, 0.6) is 0 Å². The first-order valence-corrected chi connectivity index (χ1v) is 7.95. The Hall–Kier alpha value is -0.870. The lowest BCUT2D eigenvalue weighted by atomic mass is 10.1. The van der Waals surface area contributed by atoms with E-state index in [1.165, 1.54) is 11.1 Å². The van der Waals surface area contributed by atoms with Crippen molar-refractivity contribution in [3.8, 4) is 0 Å². The van der Waals surface area contributed by atoms with Gasteiger partial charge >= 0.3 is 0 Å². The normalized spacial score (nSPS) is 21.7. The van der Waals surface area contributed by atoms with Crippen molar-refractivity contribution in [2.24, 2.45) is 5.92 Å². The van der Waals surface area contributed by atoms with Crippen molar-refractivity contribution < 1.29 is 9.53 Å². The summed E-state index contributed by atoms with van der Waals surface area (Å²) in [5.74, 6) is 0.827. The Labute approximate surface area is 122 Å². The van der Waals surface area contributed by atoms with Gasteiger partial charge in [-0.2, -0.15) is 0 Å². The Morgan fingerprint density at radius 2 is 2.21 bits per heavy atom. The van der Waals surface area contributed by atoms with Gasteiger partial charge in [-0.25, -0.2) is 0 Å². The smallest absolute Gasteiger partial charge is 0.253 e. The number of alkyl halides is 1. The van der Waals surface area contributed by atoms with E-state index < -0.39 is 0 Å². The average molecular weight is 324 g/mol. The van der Waals surface area contributed by atoms with Crippen molar-refractivity contribution in [2.75, 3.05) is 18.4 Å². The second-order valence-corrected chi connectivity index (χ2v) is 6.15. The SMILES string of the molecule is O=C(c1ccc2c(c1)COC2)N1CCC(CCBr)C1. The molecule has 3 rings (SSSR count). The number of hydrogen-bond donors (Lipinski definition) is 0. The molecule has 0 N–H and O–H groups in total. The molecule has 3 nitrogen and oxygen atoms in total. The van der Waals surface area contributed by atoms with Crippen molar-refractivity contribution in [3.63, 3.8) is 0 Å². The molecule has 0 saturated carbocycles. The molecular weight excluding hydrogens is 306 g/mol. The van der Waals surface area contributed by atoms with Gasteiger partial charge in [0.2, 0.25) is 0 Å². The molecular formula is C15H18BrNO2. The lowest BCUT2D eigenvalue weighted by Gasteiger charge is -2.17. The molecule has 0 radical (unpaired) electrons. The summed E-state index contributed by atoms with van der Waals surface area (Å²) in [6, 6.07) is 5.97. The fourth-order valence-electron chi connectivity index (χ4n) is 2.89. The molecule has 0 aliphatic carbocycles. The quantitative estimate of drug-likeness (QED) is 0.800. The number of benzene rings is 1. The topological polar surface area (TPSA) is 29.5 Å². The maximum Gasteiger partial charge on any atom is 0.253 e. The van der Waals surface area contributed by atoms with Gasteiger partial charge in [-0.15, -0.1) is 0 Å². The molecule has 1 saturated heterocycles. The molecule has 1 aromatic carbocycles. The van der Waals surface area contributed by atoms with Crippen molar-refractivity contribution >= 4 is 21.8 Å². The first kappa shape index (κ1) is 13.1. The first-order valence-electron chi connectivity index (χ1n) is 6.82. The molecule has 2 aliphatic rings. The average Bonchev–Trinajstić information content (AvgIpc) is 3.05. The Morgan fingerprint density at radius 3 is 3.05 bits per heavy atom. The molecule has 1 aromatic rings. The summed E-state index contributed by atoms with van der Waals surface area (Å²) >= 11 is 3.48. The molecule has 19 heavy (non-hydrogen) atoms. The van der Waals surface area contributed by atoms with E-state index in [1.54, 1.807) is 0 Å². The van der Waals surface area contributed by atoms with E-state index in [4.69, 9.17) is 4.74 Å². The van der Waals surface area contributed by atoms with E-state index in [1.807, 2.05) is 23.1 Å². The van der Waals surface area contributed by atoms with E-state index in [9.17, 15) is 4.79 Å². The van der Waals surface area contributed by atoms with Gasteiger partial charge in [0.1, 0.15) is 0 Å². The third-order valence-corrected chi connectivity index (χ3v) is 4.52. The van der Waals surface area contributed by atoms with Crippen molar-refractivity contribution in [1.82, 2.24) is 4.90 Å². The predicted octanol–water partition coefficient (Wildman–Crippen LogP) is 2.96. The molecule has 0 aromatic heterocycles. The summed E-state index contributed by atoms with van der Waals surface area (Å²) in [5, 5.41) is 1.02.